The molecule has 0 unspecified atom stereocenters. The van der Waals surface area contributed by atoms with Crippen LogP contribution in [0.2, 0.25) is 0 Å². The Balaban J connectivity index is 2.58. The van der Waals surface area contributed by atoms with Gasteiger partial charge in [0.15, 0.2) is 0 Å². The Kier molecular flexibility index (Phi) is 3.61. The number of benzene rings is 2. The fraction of sp³-hybridized carbons (Fsp3) is 0.0667. The van der Waals surface area contributed by atoms with E-state index in [0.29, 0.717) is 5.56 Å². The van der Waals surface area contributed by atoms with Crippen molar-refractivity contribution in [2.45, 2.75) is 0 Å². The molecule has 0 heterocycles. The summed E-state index contributed by atoms with van der Waals surface area (Å²) in [5, 5.41) is 9.08. The second-order valence-corrected chi connectivity index (χ2v) is 3.96. The maximum absolute atomic E-state index is 11.6. The molecular weight excluding hydrogens is 244 g/mol. The average Bonchev–Trinajstić information content (AvgIpc) is 2.46. The third kappa shape index (κ3) is 2.80. The molecule has 0 amide bonds. The molecule has 0 fully saturated rings. The molecule has 0 aliphatic heterocycles. The summed E-state index contributed by atoms with van der Waals surface area (Å²) in [5.74, 6) is -1.64. The Morgan fingerprint density at radius 1 is 0.947 bits per heavy atom. The lowest BCUT2D eigenvalue weighted by Crippen LogP contribution is -2.05. The Morgan fingerprint density at radius 2 is 1.58 bits per heavy atom. The fourth-order valence-corrected chi connectivity index (χ4v) is 1.78. The Hall–Kier alpha value is -2.62. The van der Waals surface area contributed by atoms with Crippen molar-refractivity contribution in [2.24, 2.45) is 0 Å². The lowest BCUT2D eigenvalue weighted by atomic mass is 10.00. The normalized spacial score (nSPS) is 9.95. The highest BCUT2D eigenvalue weighted by Gasteiger charge is 2.13. The summed E-state index contributed by atoms with van der Waals surface area (Å²) in [6.45, 7) is 0. The number of aromatic carboxylic acids is 1. The summed E-state index contributed by atoms with van der Waals surface area (Å²) in [6, 6.07) is 13.7. The zero-order valence-corrected chi connectivity index (χ0v) is 10.3. The Bertz CT molecular complexity index is 617. The number of methoxy groups -OCH3 is 1. The van der Waals surface area contributed by atoms with Crippen molar-refractivity contribution < 1.29 is 19.4 Å². The molecule has 2 aromatic rings. The average molecular weight is 256 g/mol. The first-order valence-electron chi connectivity index (χ1n) is 5.64. The van der Waals surface area contributed by atoms with E-state index < -0.39 is 11.9 Å². The highest BCUT2D eigenvalue weighted by atomic mass is 16.5. The zero-order valence-electron chi connectivity index (χ0n) is 10.3. The van der Waals surface area contributed by atoms with Crippen LogP contribution in [-0.2, 0) is 4.74 Å². The van der Waals surface area contributed by atoms with Gasteiger partial charge >= 0.3 is 11.9 Å². The van der Waals surface area contributed by atoms with Gasteiger partial charge in [-0.3, -0.25) is 0 Å². The number of esters is 1. The van der Waals surface area contributed by atoms with Crippen molar-refractivity contribution in [3.8, 4) is 11.1 Å². The van der Waals surface area contributed by atoms with Crippen molar-refractivity contribution >= 4 is 11.9 Å². The van der Waals surface area contributed by atoms with Crippen LogP contribution in [0.15, 0.2) is 48.5 Å². The molecule has 0 saturated carbocycles. The van der Waals surface area contributed by atoms with Gasteiger partial charge in [-0.15, -0.1) is 0 Å². The number of ether oxygens (including phenoxy) is 1. The van der Waals surface area contributed by atoms with Crippen LogP contribution in [0.4, 0.5) is 0 Å². The van der Waals surface area contributed by atoms with Crippen LogP contribution in [0.5, 0.6) is 0 Å². The van der Waals surface area contributed by atoms with Gasteiger partial charge in [-0.25, -0.2) is 9.59 Å². The van der Waals surface area contributed by atoms with Gasteiger partial charge in [0.25, 0.3) is 0 Å². The summed E-state index contributed by atoms with van der Waals surface area (Å²) >= 11 is 0. The number of rotatable bonds is 3. The molecule has 4 heteroatoms. The third-order valence-corrected chi connectivity index (χ3v) is 2.71. The van der Waals surface area contributed by atoms with Crippen LogP contribution in [0.25, 0.3) is 11.1 Å². The lowest BCUT2D eigenvalue weighted by molar-refractivity contribution is 0.0601. The molecule has 0 atom stereocenters. The van der Waals surface area contributed by atoms with Crippen LogP contribution in [0.1, 0.15) is 20.7 Å². The van der Waals surface area contributed by atoms with E-state index in [9.17, 15) is 9.59 Å². The van der Waals surface area contributed by atoms with Crippen LogP contribution >= 0.6 is 0 Å². The number of hydrogen-bond donors (Lipinski definition) is 1. The second-order valence-electron chi connectivity index (χ2n) is 3.96. The SMILES string of the molecule is COC(=O)c1cc(C(=O)O)cc(-c2ccccc2)c1. The second kappa shape index (κ2) is 5.35. The maximum atomic E-state index is 11.6. The largest absolute Gasteiger partial charge is 0.478 e. The molecule has 0 aromatic heterocycles. The first-order valence-corrected chi connectivity index (χ1v) is 5.64. The van der Waals surface area contributed by atoms with Crippen LogP contribution in [-0.4, -0.2) is 24.2 Å². The van der Waals surface area contributed by atoms with E-state index >= 15 is 0 Å². The number of carboxylic acid groups (broad SMARTS) is 1. The minimum Gasteiger partial charge on any atom is -0.478 e. The van der Waals surface area contributed by atoms with Crippen molar-refractivity contribution in [1.29, 1.82) is 0 Å². The molecule has 0 aliphatic carbocycles. The summed E-state index contributed by atoms with van der Waals surface area (Å²) in [7, 11) is 1.26. The number of hydrogen-bond acceptors (Lipinski definition) is 3. The van der Waals surface area contributed by atoms with Gasteiger partial charge in [-0.1, -0.05) is 30.3 Å². The molecule has 2 rings (SSSR count). The summed E-state index contributed by atoms with van der Waals surface area (Å²) < 4.78 is 4.63. The van der Waals surface area contributed by atoms with E-state index in [0.717, 1.165) is 5.56 Å². The molecule has 0 spiro atoms. The Morgan fingerprint density at radius 3 is 2.16 bits per heavy atom. The summed E-state index contributed by atoms with van der Waals surface area (Å²) in [4.78, 5) is 22.7. The van der Waals surface area contributed by atoms with Crippen molar-refractivity contribution in [3.63, 3.8) is 0 Å². The molecule has 0 bridgehead atoms. The van der Waals surface area contributed by atoms with Gasteiger partial charge in [-0.05, 0) is 29.3 Å². The molecule has 0 saturated heterocycles. The van der Waals surface area contributed by atoms with Crippen LogP contribution < -0.4 is 0 Å². The summed E-state index contributed by atoms with van der Waals surface area (Å²) in [5.41, 5.74) is 1.79. The molecule has 1 N–H and O–H groups in total. The standard InChI is InChI=1S/C15H12O4/c1-19-15(18)13-8-11(7-12(9-13)14(16)17)10-5-3-2-4-6-10/h2-9H,1H3,(H,16,17). The maximum Gasteiger partial charge on any atom is 0.337 e. The molecule has 19 heavy (non-hydrogen) atoms. The third-order valence-electron chi connectivity index (χ3n) is 2.71. The highest BCUT2D eigenvalue weighted by molar-refractivity contribution is 5.96. The molecule has 0 aliphatic rings. The minimum atomic E-state index is -1.08. The molecule has 0 radical (unpaired) electrons. The van der Waals surface area contributed by atoms with E-state index in [1.807, 2.05) is 30.3 Å². The number of carboxylic acids is 1. The van der Waals surface area contributed by atoms with E-state index in [4.69, 9.17) is 5.11 Å². The van der Waals surface area contributed by atoms with E-state index in [2.05, 4.69) is 4.74 Å². The molecule has 2 aromatic carbocycles. The highest BCUT2D eigenvalue weighted by Crippen LogP contribution is 2.22. The van der Waals surface area contributed by atoms with Gasteiger partial charge in [0, 0.05) is 0 Å². The number of carbonyl (C=O) groups excluding carboxylic acids is 1. The van der Waals surface area contributed by atoms with Gasteiger partial charge in [-0.2, -0.15) is 0 Å². The van der Waals surface area contributed by atoms with Gasteiger partial charge in [0.1, 0.15) is 0 Å². The topological polar surface area (TPSA) is 63.6 Å². The van der Waals surface area contributed by atoms with E-state index in [1.165, 1.54) is 19.2 Å². The smallest absolute Gasteiger partial charge is 0.337 e. The van der Waals surface area contributed by atoms with E-state index in [-0.39, 0.29) is 11.1 Å². The summed E-state index contributed by atoms with van der Waals surface area (Å²) in [6.07, 6.45) is 0. The van der Waals surface area contributed by atoms with Crippen LogP contribution in [0, 0.1) is 0 Å². The molecule has 4 nitrogen and oxygen atoms in total. The predicted octanol–water partition coefficient (Wildman–Crippen LogP) is 2.84. The van der Waals surface area contributed by atoms with Crippen molar-refractivity contribution in [1.82, 2.24) is 0 Å². The minimum absolute atomic E-state index is 0.0572. The lowest BCUT2D eigenvalue weighted by Gasteiger charge is -2.07. The molecular formula is C15H12O4. The first kappa shape index (κ1) is 12.8. The van der Waals surface area contributed by atoms with Crippen molar-refractivity contribution in [3.05, 3.63) is 59.7 Å². The monoisotopic (exact) mass is 256 g/mol. The van der Waals surface area contributed by atoms with Crippen molar-refractivity contribution in [2.75, 3.05) is 7.11 Å². The fourth-order valence-electron chi connectivity index (χ4n) is 1.78. The quantitative estimate of drug-likeness (QED) is 0.858. The van der Waals surface area contributed by atoms with Gasteiger partial charge < -0.3 is 9.84 Å². The van der Waals surface area contributed by atoms with E-state index in [1.54, 1.807) is 6.07 Å². The van der Waals surface area contributed by atoms with Gasteiger partial charge in [0.2, 0.25) is 0 Å². The number of carbonyl (C=O) groups is 2. The predicted molar refractivity (Wildman–Crippen MR) is 70.2 cm³/mol. The zero-order chi connectivity index (χ0) is 13.8. The van der Waals surface area contributed by atoms with Crippen LogP contribution in [0.3, 0.4) is 0 Å². The first-order chi connectivity index (χ1) is 9.11. The molecule has 96 valence electrons. The Labute approximate surface area is 110 Å². The van der Waals surface area contributed by atoms with Gasteiger partial charge in [0.05, 0.1) is 18.2 Å².